The molecule has 0 heterocycles. The molecule has 1 aromatic rings. The van der Waals surface area contributed by atoms with Crippen LogP contribution in [0.3, 0.4) is 0 Å². The Bertz CT molecular complexity index is 649. The van der Waals surface area contributed by atoms with Crippen LogP contribution in [0, 0.1) is 11.6 Å². The number of hydrogen-bond donors (Lipinski definition) is 0. The van der Waals surface area contributed by atoms with Gasteiger partial charge in [-0.2, -0.15) is 0 Å². The van der Waals surface area contributed by atoms with Crippen LogP contribution in [0.2, 0.25) is 0 Å². The summed E-state index contributed by atoms with van der Waals surface area (Å²) in [4.78, 5) is 23.4. The minimum Gasteiger partial charge on any atom is -0.466 e. The molecule has 0 unspecified atom stereocenters. The molecule has 0 aliphatic rings. The summed E-state index contributed by atoms with van der Waals surface area (Å²) in [7, 11) is 0. The van der Waals surface area contributed by atoms with Gasteiger partial charge in [0.2, 0.25) is 0 Å². The molecule has 6 heteroatoms. The van der Waals surface area contributed by atoms with Crippen LogP contribution in [0.15, 0.2) is 18.2 Å². The number of hydrogen-bond acceptors (Lipinski definition) is 4. The molecular formula is C26H40F2O4. The molecule has 0 saturated heterocycles. The normalized spacial score (nSPS) is 10.8. The maximum atomic E-state index is 13.5. The topological polar surface area (TPSA) is 52.6 Å². The van der Waals surface area contributed by atoms with Crippen LogP contribution in [0.1, 0.15) is 109 Å². The van der Waals surface area contributed by atoms with Gasteiger partial charge in [0.05, 0.1) is 6.61 Å². The molecule has 0 aliphatic heterocycles. The highest BCUT2D eigenvalue weighted by Gasteiger charge is 2.10. The van der Waals surface area contributed by atoms with Gasteiger partial charge in [-0.3, -0.25) is 9.59 Å². The average molecular weight is 455 g/mol. The first-order valence-electron chi connectivity index (χ1n) is 12.3. The first kappa shape index (κ1) is 28.1. The third-order valence-corrected chi connectivity index (χ3v) is 5.42. The Labute approximate surface area is 192 Å². The number of unbranched alkanes of at least 4 members (excludes halogenated alkanes) is 11. The van der Waals surface area contributed by atoms with E-state index < -0.39 is 17.6 Å². The molecule has 1 aromatic carbocycles. The van der Waals surface area contributed by atoms with E-state index in [0.717, 1.165) is 31.0 Å². The van der Waals surface area contributed by atoms with Crippen molar-refractivity contribution in [2.45, 2.75) is 110 Å². The maximum Gasteiger partial charge on any atom is 0.306 e. The molecule has 0 spiro atoms. The second kappa shape index (κ2) is 18.6. The van der Waals surface area contributed by atoms with E-state index >= 15 is 0 Å². The van der Waals surface area contributed by atoms with Gasteiger partial charge in [-0.05, 0) is 31.0 Å². The first-order chi connectivity index (χ1) is 15.5. The molecule has 32 heavy (non-hydrogen) atoms. The van der Waals surface area contributed by atoms with Gasteiger partial charge in [-0.1, -0.05) is 77.6 Å². The summed E-state index contributed by atoms with van der Waals surface area (Å²) in [5.74, 6) is -2.09. The van der Waals surface area contributed by atoms with Crippen LogP contribution >= 0.6 is 0 Å². The van der Waals surface area contributed by atoms with E-state index in [-0.39, 0.29) is 31.0 Å². The molecule has 0 atom stereocenters. The third-order valence-electron chi connectivity index (χ3n) is 5.42. The summed E-state index contributed by atoms with van der Waals surface area (Å²) >= 11 is 0. The summed E-state index contributed by atoms with van der Waals surface area (Å²) in [6.07, 6.45) is 15.5. The molecule has 1 rings (SSSR count). The van der Waals surface area contributed by atoms with Gasteiger partial charge in [0.15, 0.2) is 0 Å². The summed E-state index contributed by atoms with van der Waals surface area (Å²) in [5, 5.41) is 0. The van der Waals surface area contributed by atoms with Gasteiger partial charge in [0.1, 0.15) is 18.2 Å². The largest absolute Gasteiger partial charge is 0.466 e. The SMILES string of the molecule is CCCCCCCCCCCCCCOC(=O)CCCC(=O)OCc1cc(F)ccc1F. The molecule has 4 nitrogen and oxygen atoms in total. The van der Waals surface area contributed by atoms with Gasteiger partial charge in [0.25, 0.3) is 0 Å². The van der Waals surface area contributed by atoms with Crippen molar-refractivity contribution in [3.63, 3.8) is 0 Å². The molecule has 0 fully saturated rings. The molecular weight excluding hydrogens is 414 g/mol. The van der Waals surface area contributed by atoms with Crippen LogP contribution < -0.4 is 0 Å². The maximum absolute atomic E-state index is 13.5. The van der Waals surface area contributed by atoms with Crippen molar-refractivity contribution in [2.24, 2.45) is 0 Å². The van der Waals surface area contributed by atoms with Gasteiger partial charge in [-0.25, -0.2) is 8.78 Å². The predicted octanol–water partition coefficient (Wildman–Crippen LogP) is 7.42. The fourth-order valence-electron chi connectivity index (χ4n) is 3.46. The molecule has 0 N–H and O–H groups in total. The zero-order valence-corrected chi connectivity index (χ0v) is 19.6. The number of esters is 2. The van der Waals surface area contributed by atoms with Crippen LogP contribution in [-0.4, -0.2) is 18.5 Å². The van der Waals surface area contributed by atoms with Crippen molar-refractivity contribution < 1.29 is 27.8 Å². The Morgan fingerprint density at radius 3 is 1.84 bits per heavy atom. The monoisotopic (exact) mass is 454 g/mol. The third kappa shape index (κ3) is 14.9. The Balaban J connectivity index is 1.91. The number of ether oxygens (including phenoxy) is 2. The highest BCUT2D eigenvalue weighted by atomic mass is 19.1. The molecule has 0 bridgehead atoms. The van der Waals surface area contributed by atoms with Crippen molar-refractivity contribution in [3.05, 3.63) is 35.4 Å². The van der Waals surface area contributed by atoms with Crippen LogP contribution in [0.5, 0.6) is 0 Å². The van der Waals surface area contributed by atoms with E-state index in [9.17, 15) is 18.4 Å². The number of rotatable bonds is 19. The lowest BCUT2D eigenvalue weighted by molar-refractivity contribution is -0.146. The Hall–Kier alpha value is -1.98. The van der Waals surface area contributed by atoms with E-state index in [2.05, 4.69) is 6.92 Å². The predicted molar refractivity (Wildman–Crippen MR) is 122 cm³/mol. The first-order valence-corrected chi connectivity index (χ1v) is 12.3. The van der Waals surface area contributed by atoms with Crippen molar-refractivity contribution in [1.82, 2.24) is 0 Å². The smallest absolute Gasteiger partial charge is 0.306 e. The molecule has 0 saturated carbocycles. The Morgan fingerprint density at radius 1 is 0.719 bits per heavy atom. The fraction of sp³-hybridized carbons (Fsp3) is 0.692. The molecule has 0 amide bonds. The van der Waals surface area contributed by atoms with Crippen molar-refractivity contribution >= 4 is 11.9 Å². The summed E-state index contributed by atoms with van der Waals surface area (Å²) < 4.78 is 36.7. The van der Waals surface area contributed by atoms with Crippen LogP contribution in [0.4, 0.5) is 8.78 Å². The van der Waals surface area contributed by atoms with Crippen molar-refractivity contribution in [1.29, 1.82) is 0 Å². The second-order valence-electron chi connectivity index (χ2n) is 8.36. The van der Waals surface area contributed by atoms with E-state index in [1.54, 1.807) is 0 Å². The lowest BCUT2D eigenvalue weighted by Gasteiger charge is -2.07. The van der Waals surface area contributed by atoms with E-state index in [1.807, 2.05) is 0 Å². The molecule has 0 radical (unpaired) electrons. The highest BCUT2D eigenvalue weighted by Crippen LogP contribution is 2.13. The summed E-state index contributed by atoms with van der Waals surface area (Å²) in [6, 6.07) is 2.99. The fourth-order valence-corrected chi connectivity index (χ4v) is 3.46. The minimum absolute atomic E-state index is 0.0137. The zero-order valence-electron chi connectivity index (χ0n) is 19.6. The standard InChI is InChI=1S/C26H40F2O4/c1-2-3-4-5-6-7-8-9-10-11-12-13-19-31-25(29)15-14-16-26(30)32-21-22-20-23(27)17-18-24(22)28/h17-18,20H,2-16,19,21H2,1H3. The van der Waals surface area contributed by atoms with Crippen LogP contribution in [0.25, 0.3) is 0 Å². The lowest BCUT2D eigenvalue weighted by Crippen LogP contribution is -2.09. The van der Waals surface area contributed by atoms with Gasteiger partial charge < -0.3 is 9.47 Å². The Kier molecular flexibility index (Phi) is 16.3. The Morgan fingerprint density at radius 2 is 1.25 bits per heavy atom. The highest BCUT2D eigenvalue weighted by molar-refractivity contribution is 5.72. The van der Waals surface area contributed by atoms with Crippen molar-refractivity contribution in [3.8, 4) is 0 Å². The molecule has 0 aromatic heterocycles. The second-order valence-corrected chi connectivity index (χ2v) is 8.36. The minimum atomic E-state index is -0.624. The quantitative estimate of drug-likeness (QED) is 0.161. The van der Waals surface area contributed by atoms with E-state index in [4.69, 9.17) is 9.47 Å². The molecule has 182 valence electrons. The van der Waals surface area contributed by atoms with Crippen molar-refractivity contribution in [2.75, 3.05) is 6.61 Å². The number of carbonyl (C=O) groups is 2. The van der Waals surface area contributed by atoms with E-state index in [0.29, 0.717) is 13.0 Å². The lowest BCUT2D eigenvalue weighted by atomic mass is 10.1. The van der Waals surface area contributed by atoms with Crippen LogP contribution in [-0.2, 0) is 25.7 Å². The van der Waals surface area contributed by atoms with E-state index in [1.165, 1.54) is 64.2 Å². The zero-order chi connectivity index (χ0) is 23.4. The summed E-state index contributed by atoms with van der Waals surface area (Å²) in [6.45, 7) is 2.33. The number of benzene rings is 1. The molecule has 0 aliphatic carbocycles. The number of carbonyl (C=O) groups excluding carboxylic acids is 2. The van der Waals surface area contributed by atoms with Gasteiger partial charge >= 0.3 is 11.9 Å². The summed E-state index contributed by atoms with van der Waals surface area (Å²) in [5.41, 5.74) is -0.0137. The number of halogens is 2. The van der Waals surface area contributed by atoms with Gasteiger partial charge in [0, 0.05) is 18.4 Å². The average Bonchev–Trinajstić information content (AvgIpc) is 2.77. The van der Waals surface area contributed by atoms with Gasteiger partial charge in [-0.15, -0.1) is 0 Å².